The fourth-order valence-electron chi connectivity index (χ4n) is 2.39. The predicted octanol–water partition coefficient (Wildman–Crippen LogP) is 3.23. The number of anilines is 2. The average molecular weight is 390 g/mol. The first-order valence-corrected chi connectivity index (χ1v) is 9.17. The van der Waals surface area contributed by atoms with Crippen molar-refractivity contribution in [2.24, 2.45) is 0 Å². The van der Waals surface area contributed by atoms with E-state index in [1.807, 2.05) is 6.92 Å². The van der Waals surface area contributed by atoms with E-state index in [1.54, 1.807) is 32.9 Å². The van der Waals surface area contributed by atoms with Crippen molar-refractivity contribution in [1.82, 2.24) is 0 Å². The molecule has 0 atom stereocenters. The van der Waals surface area contributed by atoms with Gasteiger partial charge in [0.25, 0.3) is 5.91 Å². The van der Waals surface area contributed by atoms with Crippen molar-refractivity contribution >= 4 is 39.9 Å². The molecule has 0 radical (unpaired) electrons. The van der Waals surface area contributed by atoms with Crippen molar-refractivity contribution in [2.45, 2.75) is 27.7 Å². The minimum atomic E-state index is -0.685. The van der Waals surface area contributed by atoms with E-state index in [0.717, 1.165) is 16.0 Å². The van der Waals surface area contributed by atoms with Crippen LogP contribution >= 0.6 is 11.3 Å². The zero-order valence-corrected chi connectivity index (χ0v) is 16.5. The molecule has 2 aromatic rings. The number of hydrogen-bond acceptors (Lipinski definition) is 7. The van der Waals surface area contributed by atoms with E-state index < -0.39 is 24.5 Å². The highest BCUT2D eigenvalue weighted by Crippen LogP contribution is 2.33. The lowest BCUT2D eigenvalue weighted by molar-refractivity contribution is -0.119. The number of esters is 2. The normalized spacial score (nSPS) is 10.4. The van der Waals surface area contributed by atoms with Crippen LogP contribution in [0.1, 0.15) is 43.6 Å². The summed E-state index contributed by atoms with van der Waals surface area (Å²) >= 11 is 1.27. The summed E-state index contributed by atoms with van der Waals surface area (Å²) < 4.78 is 10.1. The minimum Gasteiger partial charge on any atom is -0.462 e. The number of thiophene rings is 1. The number of nitrogens with one attached hydrogen (secondary N) is 1. The third-order valence-corrected chi connectivity index (χ3v) is 5.12. The van der Waals surface area contributed by atoms with Gasteiger partial charge in [-0.2, -0.15) is 0 Å². The van der Waals surface area contributed by atoms with Gasteiger partial charge in [-0.3, -0.25) is 4.79 Å². The van der Waals surface area contributed by atoms with E-state index >= 15 is 0 Å². The molecule has 8 heteroatoms. The molecule has 0 aliphatic carbocycles. The highest BCUT2D eigenvalue weighted by molar-refractivity contribution is 7.16. The van der Waals surface area contributed by atoms with E-state index in [9.17, 15) is 14.4 Å². The number of amides is 1. The van der Waals surface area contributed by atoms with Gasteiger partial charge in [0.1, 0.15) is 5.00 Å². The molecule has 0 aliphatic heterocycles. The van der Waals surface area contributed by atoms with Gasteiger partial charge < -0.3 is 20.5 Å². The Hall–Kier alpha value is -2.87. The smallest absolute Gasteiger partial charge is 0.341 e. The molecule has 3 N–H and O–H groups in total. The topological polar surface area (TPSA) is 108 Å². The third kappa shape index (κ3) is 4.65. The molecule has 1 aromatic carbocycles. The highest BCUT2D eigenvalue weighted by atomic mass is 32.1. The summed E-state index contributed by atoms with van der Waals surface area (Å²) in [7, 11) is 0. The lowest BCUT2D eigenvalue weighted by atomic mass is 10.1. The molecule has 7 nitrogen and oxygen atoms in total. The second-order valence-electron chi connectivity index (χ2n) is 5.87. The highest BCUT2D eigenvalue weighted by Gasteiger charge is 2.22. The first-order chi connectivity index (χ1) is 12.8. The van der Waals surface area contributed by atoms with Crippen LogP contribution in [0.25, 0.3) is 0 Å². The minimum absolute atomic E-state index is 0.206. The number of aryl methyl sites for hydroxylation is 2. The summed E-state index contributed by atoms with van der Waals surface area (Å²) in [6.07, 6.45) is 0. The maximum Gasteiger partial charge on any atom is 0.341 e. The van der Waals surface area contributed by atoms with Crippen molar-refractivity contribution in [3.05, 3.63) is 45.3 Å². The molecule has 0 aliphatic rings. The second-order valence-corrected chi connectivity index (χ2v) is 7.09. The summed E-state index contributed by atoms with van der Waals surface area (Å²) in [4.78, 5) is 37.4. The van der Waals surface area contributed by atoms with Crippen molar-refractivity contribution in [1.29, 1.82) is 0 Å². The molecule has 2 rings (SSSR count). The van der Waals surface area contributed by atoms with Crippen LogP contribution in [0.2, 0.25) is 0 Å². The van der Waals surface area contributed by atoms with E-state index in [1.165, 1.54) is 17.4 Å². The molecule has 0 bridgehead atoms. The van der Waals surface area contributed by atoms with Gasteiger partial charge in [-0.25, -0.2) is 9.59 Å². The van der Waals surface area contributed by atoms with Gasteiger partial charge in [-0.15, -0.1) is 11.3 Å². The molecule has 27 heavy (non-hydrogen) atoms. The van der Waals surface area contributed by atoms with E-state index in [4.69, 9.17) is 15.2 Å². The molecular weight excluding hydrogens is 368 g/mol. The Kier molecular flexibility index (Phi) is 6.57. The standard InChI is InChI=1S/C19H22N2O5S/c1-5-25-19(24)15-11(3)12(4)27-17(15)21-14(22)9-26-18(23)13-8-6-7-10(2)16(13)20/h6-8H,5,9,20H2,1-4H3,(H,21,22). The zero-order valence-electron chi connectivity index (χ0n) is 15.7. The summed E-state index contributed by atoms with van der Waals surface area (Å²) in [6.45, 7) is 6.85. The number of ether oxygens (including phenoxy) is 2. The zero-order chi connectivity index (χ0) is 20.1. The summed E-state index contributed by atoms with van der Waals surface area (Å²) in [6, 6.07) is 5.00. The first kappa shape index (κ1) is 20.4. The molecule has 1 aromatic heterocycles. The average Bonchev–Trinajstić information content (AvgIpc) is 2.89. The molecule has 0 saturated heterocycles. The number of nitrogen functional groups attached to an aromatic ring is 1. The first-order valence-electron chi connectivity index (χ1n) is 8.35. The quantitative estimate of drug-likeness (QED) is 0.579. The molecule has 1 heterocycles. The predicted molar refractivity (Wildman–Crippen MR) is 104 cm³/mol. The van der Waals surface area contributed by atoms with Crippen LogP contribution in [0.4, 0.5) is 10.7 Å². The Morgan fingerprint density at radius 1 is 1.11 bits per heavy atom. The van der Waals surface area contributed by atoms with Crippen LogP contribution in [0.3, 0.4) is 0 Å². The van der Waals surface area contributed by atoms with Crippen molar-refractivity contribution in [3.63, 3.8) is 0 Å². The van der Waals surface area contributed by atoms with Gasteiger partial charge in [0.05, 0.1) is 17.7 Å². The summed E-state index contributed by atoms with van der Waals surface area (Å²) in [5.74, 6) is -1.74. The number of carbonyl (C=O) groups excluding carboxylic acids is 3. The largest absolute Gasteiger partial charge is 0.462 e. The van der Waals surface area contributed by atoms with Crippen LogP contribution < -0.4 is 11.1 Å². The fraction of sp³-hybridized carbons (Fsp3) is 0.316. The summed E-state index contributed by atoms with van der Waals surface area (Å²) in [5, 5.41) is 2.99. The lowest BCUT2D eigenvalue weighted by Crippen LogP contribution is -2.22. The number of para-hydroxylation sites is 1. The number of hydrogen-bond donors (Lipinski definition) is 2. The van der Waals surface area contributed by atoms with Gasteiger partial charge >= 0.3 is 11.9 Å². The van der Waals surface area contributed by atoms with Gasteiger partial charge in [0, 0.05) is 10.6 Å². The van der Waals surface area contributed by atoms with Gasteiger partial charge in [-0.05, 0) is 44.9 Å². The van der Waals surface area contributed by atoms with E-state index in [-0.39, 0.29) is 12.2 Å². The molecule has 0 fully saturated rings. The van der Waals surface area contributed by atoms with Crippen LogP contribution in [0.15, 0.2) is 18.2 Å². The molecule has 144 valence electrons. The van der Waals surface area contributed by atoms with Gasteiger partial charge in [0.15, 0.2) is 6.61 Å². The number of benzene rings is 1. The van der Waals surface area contributed by atoms with Crippen LogP contribution in [-0.2, 0) is 14.3 Å². The second kappa shape index (κ2) is 8.68. The maximum atomic E-state index is 12.2. The monoisotopic (exact) mass is 390 g/mol. The Labute approximate surface area is 161 Å². The molecule has 0 saturated carbocycles. The molecular formula is C19H22N2O5S. The van der Waals surface area contributed by atoms with Crippen LogP contribution in [-0.4, -0.2) is 31.1 Å². The SMILES string of the molecule is CCOC(=O)c1c(NC(=O)COC(=O)c2cccc(C)c2N)sc(C)c1C. The Balaban J connectivity index is 2.06. The summed E-state index contributed by atoms with van der Waals surface area (Å²) in [5.41, 5.74) is 8.20. The maximum absolute atomic E-state index is 12.2. The number of carbonyl (C=O) groups is 3. The fourth-order valence-corrected chi connectivity index (χ4v) is 3.46. The van der Waals surface area contributed by atoms with Crippen molar-refractivity contribution in [3.8, 4) is 0 Å². The Bertz CT molecular complexity index is 888. The van der Waals surface area contributed by atoms with Gasteiger partial charge in [0.2, 0.25) is 0 Å². The van der Waals surface area contributed by atoms with E-state index in [2.05, 4.69) is 5.32 Å². The number of nitrogens with two attached hydrogens (primary N) is 1. The lowest BCUT2D eigenvalue weighted by Gasteiger charge is -2.09. The van der Waals surface area contributed by atoms with Crippen LogP contribution in [0, 0.1) is 20.8 Å². The molecule has 0 spiro atoms. The van der Waals surface area contributed by atoms with Crippen molar-refractivity contribution < 1.29 is 23.9 Å². The number of rotatable bonds is 6. The Morgan fingerprint density at radius 3 is 2.48 bits per heavy atom. The third-order valence-electron chi connectivity index (χ3n) is 4.00. The molecule has 1 amide bonds. The van der Waals surface area contributed by atoms with Crippen LogP contribution in [0.5, 0.6) is 0 Å². The van der Waals surface area contributed by atoms with E-state index in [0.29, 0.717) is 16.3 Å². The Morgan fingerprint density at radius 2 is 1.81 bits per heavy atom. The molecule has 0 unspecified atom stereocenters. The van der Waals surface area contributed by atoms with Gasteiger partial charge in [-0.1, -0.05) is 12.1 Å². The van der Waals surface area contributed by atoms with Crippen molar-refractivity contribution in [2.75, 3.05) is 24.3 Å².